The summed E-state index contributed by atoms with van der Waals surface area (Å²) >= 11 is 0. The first-order valence-electron chi connectivity index (χ1n) is 5.91. The molecule has 0 amide bonds. The zero-order valence-electron chi connectivity index (χ0n) is 10.4. The van der Waals surface area contributed by atoms with Gasteiger partial charge in [0.05, 0.1) is 12.5 Å². The van der Waals surface area contributed by atoms with Gasteiger partial charge in [0.15, 0.2) is 11.5 Å². The fraction of sp³-hybridized carbons (Fsp3) is 0.583. The average Bonchev–Trinajstić information content (AvgIpc) is 2.47. The molecule has 0 saturated carbocycles. The van der Waals surface area contributed by atoms with Crippen molar-refractivity contribution in [3.63, 3.8) is 0 Å². The molecule has 2 rings (SSSR count). The van der Waals surface area contributed by atoms with Crippen LogP contribution in [0.25, 0.3) is 0 Å². The second-order valence-electron chi connectivity index (χ2n) is 4.34. The minimum atomic E-state index is -0.596. The van der Waals surface area contributed by atoms with E-state index in [9.17, 15) is 4.79 Å². The summed E-state index contributed by atoms with van der Waals surface area (Å²) in [5.41, 5.74) is 5.46. The van der Waals surface area contributed by atoms with Crippen LogP contribution in [0.2, 0.25) is 0 Å². The molecular formula is C12H17N3O3. The largest absolute Gasteiger partial charge is 0.479 e. The van der Waals surface area contributed by atoms with Crippen LogP contribution in [0.3, 0.4) is 0 Å². The number of carbonyl (C=O) groups excluding carboxylic acids is 1. The molecule has 0 unspecified atom stereocenters. The highest BCUT2D eigenvalue weighted by Gasteiger charge is 2.41. The van der Waals surface area contributed by atoms with E-state index in [1.54, 1.807) is 0 Å². The maximum absolute atomic E-state index is 12.6. The summed E-state index contributed by atoms with van der Waals surface area (Å²) in [6, 6.07) is 0. The van der Waals surface area contributed by atoms with Crippen molar-refractivity contribution in [1.82, 2.24) is 9.97 Å². The van der Waals surface area contributed by atoms with Crippen molar-refractivity contribution in [2.45, 2.75) is 12.8 Å². The normalized spacial score (nSPS) is 18.3. The molecule has 18 heavy (non-hydrogen) atoms. The Morgan fingerprint density at radius 1 is 1.44 bits per heavy atom. The van der Waals surface area contributed by atoms with Crippen LogP contribution < -0.4 is 10.5 Å². The van der Waals surface area contributed by atoms with E-state index >= 15 is 0 Å². The van der Waals surface area contributed by atoms with Gasteiger partial charge in [-0.05, 0) is 12.8 Å². The minimum Gasteiger partial charge on any atom is -0.479 e. The van der Waals surface area contributed by atoms with Gasteiger partial charge in [-0.1, -0.05) is 0 Å². The van der Waals surface area contributed by atoms with E-state index in [0.29, 0.717) is 26.1 Å². The van der Waals surface area contributed by atoms with Crippen LogP contribution in [0, 0.1) is 5.41 Å². The molecule has 1 aliphatic heterocycles. The molecule has 2 N–H and O–H groups in total. The highest BCUT2D eigenvalue weighted by atomic mass is 16.5. The number of ether oxygens (including phenoxy) is 2. The van der Waals surface area contributed by atoms with Crippen LogP contribution in [0.4, 0.5) is 0 Å². The van der Waals surface area contributed by atoms with Crippen LogP contribution in [0.15, 0.2) is 12.4 Å². The number of hydrogen-bond donors (Lipinski definition) is 1. The lowest BCUT2D eigenvalue weighted by atomic mass is 9.75. The van der Waals surface area contributed by atoms with E-state index in [1.807, 2.05) is 0 Å². The molecule has 1 aromatic rings. The molecule has 0 aromatic carbocycles. The van der Waals surface area contributed by atoms with Gasteiger partial charge in [0.25, 0.3) is 0 Å². The van der Waals surface area contributed by atoms with E-state index in [-0.39, 0.29) is 23.9 Å². The Morgan fingerprint density at radius 3 is 2.72 bits per heavy atom. The fourth-order valence-electron chi connectivity index (χ4n) is 2.17. The Hall–Kier alpha value is -1.53. The highest BCUT2D eigenvalue weighted by molar-refractivity contribution is 6.00. The van der Waals surface area contributed by atoms with Gasteiger partial charge >= 0.3 is 0 Å². The molecule has 6 nitrogen and oxygen atoms in total. The van der Waals surface area contributed by atoms with E-state index in [4.69, 9.17) is 15.2 Å². The Kier molecular flexibility index (Phi) is 3.88. The average molecular weight is 251 g/mol. The first-order chi connectivity index (χ1) is 8.73. The maximum Gasteiger partial charge on any atom is 0.243 e. The Labute approximate surface area is 106 Å². The standard InChI is InChI=1S/C12H17N3O3/c1-17-11-9(14-4-5-15-11)10(16)12(8-13)2-6-18-7-3-12/h4-5H,2-3,6-8,13H2,1H3. The summed E-state index contributed by atoms with van der Waals surface area (Å²) in [6.45, 7) is 1.38. The molecule has 0 bridgehead atoms. The highest BCUT2D eigenvalue weighted by Crippen LogP contribution is 2.34. The van der Waals surface area contributed by atoms with Gasteiger partial charge in [-0.25, -0.2) is 9.97 Å². The van der Waals surface area contributed by atoms with Gasteiger partial charge in [-0.2, -0.15) is 0 Å². The van der Waals surface area contributed by atoms with Crippen molar-refractivity contribution in [3.8, 4) is 5.88 Å². The quantitative estimate of drug-likeness (QED) is 0.780. The molecule has 98 valence electrons. The SMILES string of the molecule is COc1nccnc1C(=O)C1(CN)CCOCC1. The lowest BCUT2D eigenvalue weighted by molar-refractivity contribution is 0.0195. The zero-order valence-corrected chi connectivity index (χ0v) is 10.4. The second-order valence-corrected chi connectivity index (χ2v) is 4.34. The van der Waals surface area contributed by atoms with Gasteiger partial charge in [0, 0.05) is 32.2 Å². The van der Waals surface area contributed by atoms with Crippen LogP contribution in [-0.4, -0.2) is 42.6 Å². The third-order valence-corrected chi connectivity index (χ3v) is 3.40. The molecule has 0 aliphatic carbocycles. The van der Waals surface area contributed by atoms with E-state index in [1.165, 1.54) is 19.5 Å². The minimum absolute atomic E-state index is 0.0988. The van der Waals surface area contributed by atoms with Crippen molar-refractivity contribution < 1.29 is 14.3 Å². The van der Waals surface area contributed by atoms with E-state index < -0.39 is 5.41 Å². The summed E-state index contributed by atoms with van der Waals surface area (Å²) < 4.78 is 10.4. The molecule has 1 saturated heterocycles. The molecule has 1 fully saturated rings. The van der Waals surface area contributed by atoms with Crippen molar-refractivity contribution >= 4 is 5.78 Å². The van der Waals surface area contributed by atoms with Crippen LogP contribution in [0.1, 0.15) is 23.3 Å². The fourth-order valence-corrected chi connectivity index (χ4v) is 2.17. The van der Waals surface area contributed by atoms with Gasteiger partial charge in [-0.3, -0.25) is 4.79 Å². The smallest absolute Gasteiger partial charge is 0.243 e. The maximum atomic E-state index is 12.6. The first kappa shape index (κ1) is 12.9. The molecule has 1 aliphatic rings. The predicted molar refractivity (Wildman–Crippen MR) is 64.5 cm³/mol. The third-order valence-electron chi connectivity index (χ3n) is 3.40. The summed E-state index contributed by atoms with van der Waals surface area (Å²) in [7, 11) is 1.47. The van der Waals surface area contributed by atoms with Gasteiger partial charge in [-0.15, -0.1) is 0 Å². The third kappa shape index (κ3) is 2.21. The summed E-state index contributed by atoms with van der Waals surface area (Å²) in [4.78, 5) is 20.7. The first-order valence-corrected chi connectivity index (χ1v) is 5.91. The van der Waals surface area contributed by atoms with Gasteiger partial charge in [0.1, 0.15) is 0 Å². The molecular weight excluding hydrogens is 234 g/mol. The van der Waals surface area contributed by atoms with Crippen LogP contribution in [-0.2, 0) is 4.74 Å². The lowest BCUT2D eigenvalue weighted by Gasteiger charge is -2.34. The molecule has 0 atom stereocenters. The molecule has 2 heterocycles. The van der Waals surface area contributed by atoms with Gasteiger partial charge in [0.2, 0.25) is 5.88 Å². The van der Waals surface area contributed by atoms with Crippen molar-refractivity contribution in [2.24, 2.45) is 11.1 Å². The van der Waals surface area contributed by atoms with Crippen LogP contribution >= 0.6 is 0 Å². The number of ketones is 1. The number of nitrogens with two attached hydrogens (primary N) is 1. The predicted octanol–water partition coefficient (Wildman–Crippen LogP) is 0.423. The van der Waals surface area contributed by atoms with Crippen LogP contribution in [0.5, 0.6) is 5.88 Å². The summed E-state index contributed by atoms with van der Waals surface area (Å²) in [5, 5.41) is 0. The lowest BCUT2D eigenvalue weighted by Crippen LogP contribution is -2.43. The van der Waals surface area contributed by atoms with E-state index in [0.717, 1.165) is 0 Å². The molecule has 1 aromatic heterocycles. The molecule has 0 radical (unpaired) electrons. The van der Waals surface area contributed by atoms with E-state index in [2.05, 4.69) is 9.97 Å². The Balaban J connectivity index is 2.33. The van der Waals surface area contributed by atoms with Crippen molar-refractivity contribution in [2.75, 3.05) is 26.9 Å². The molecule has 0 spiro atoms. The number of methoxy groups -OCH3 is 1. The number of carbonyl (C=O) groups is 1. The summed E-state index contributed by atoms with van der Waals surface area (Å²) in [6.07, 6.45) is 4.21. The number of Topliss-reactive ketones (excluding diaryl/α,β-unsaturated/α-hetero) is 1. The summed E-state index contributed by atoms with van der Waals surface area (Å²) in [5.74, 6) is 0.153. The molecule has 6 heteroatoms. The monoisotopic (exact) mass is 251 g/mol. The second kappa shape index (κ2) is 5.41. The Morgan fingerprint density at radius 2 is 2.11 bits per heavy atom. The topological polar surface area (TPSA) is 87.3 Å². The number of nitrogens with zero attached hydrogens (tertiary/aromatic N) is 2. The zero-order chi connectivity index (χ0) is 13.0. The number of rotatable bonds is 4. The van der Waals surface area contributed by atoms with Gasteiger partial charge < -0.3 is 15.2 Å². The van der Waals surface area contributed by atoms with Crippen molar-refractivity contribution in [1.29, 1.82) is 0 Å². The van der Waals surface area contributed by atoms with Crippen molar-refractivity contribution in [3.05, 3.63) is 18.1 Å². The number of hydrogen-bond acceptors (Lipinski definition) is 6. The number of aromatic nitrogens is 2. The Bertz CT molecular complexity index is 430.